The standard InChI is InChI=1S/C24H22N2O8/c1-33-17(27)9-15(13-5-3-7-25-11-13)19-21(29)23(31)20(24(32)22(19)30)16(10-18(28)34-2)14-6-4-8-26-12-14/h3-8,11-12,15-16,29,32H,9-10H2,1-2H3/t15-,16+. The summed E-state index contributed by atoms with van der Waals surface area (Å²) in [6.07, 6.45) is 4.91. The van der Waals surface area contributed by atoms with Gasteiger partial charge in [-0.2, -0.15) is 0 Å². The average Bonchev–Trinajstić information content (AvgIpc) is 2.87. The number of carbonyl (C=O) groups is 4. The molecule has 2 N–H and O–H groups in total. The summed E-state index contributed by atoms with van der Waals surface area (Å²) in [5, 5.41) is 21.7. The fraction of sp³-hybridized carbons (Fsp3) is 0.250. The molecule has 2 aromatic rings. The van der Waals surface area contributed by atoms with Crippen molar-refractivity contribution in [3.63, 3.8) is 0 Å². The van der Waals surface area contributed by atoms with Crippen molar-refractivity contribution in [1.82, 2.24) is 9.97 Å². The second-order valence-electron chi connectivity index (χ2n) is 7.42. The molecule has 0 aliphatic heterocycles. The predicted octanol–water partition coefficient (Wildman–Crippen LogP) is 2.25. The van der Waals surface area contributed by atoms with Crippen LogP contribution in [0.3, 0.4) is 0 Å². The van der Waals surface area contributed by atoms with Crippen LogP contribution < -0.4 is 0 Å². The number of carbonyl (C=O) groups excluding carboxylic acids is 4. The largest absolute Gasteiger partial charge is 0.504 e. The first-order valence-electron chi connectivity index (χ1n) is 10.2. The summed E-state index contributed by atoms with van der Waals surface area (Å²) in [7, 11) is 2.32. The SMILES string of the molecule is COC(=O)C[C@H](C1=C(O)C(=O)C([C@H](CC(=O)OC)c2cccnc2)=C(O)C1=O)c1cccnc1. The summed E-state index contributed by atoms with van der Waals surface area (Å²) in [4.78, 5) is 58.6. The quantitative estimate of drug-likeness (QED) is 0.437. The van der Waals surface area contributed by atoms with Crippen LogP contribution in [-0.2, 0) is 28.7 Å². The molecule has 34 heavy (non-hydrogen) atoms. The topological polar surface area (TPSA) is 153 Å². The number of esters is 2. The van der Waals surface area contributed by atoms with E-state index in [1.807, 2.05) is 0 Å². The van der Waals surface area contributed by atoms with Gasteiger partial charge in [-0.25, -0.2) is 0 Å². The number of aromatic nitrogens is 2. The van der Waals surface area contributed by atoms with Crippen LogP contribution in [0, 0.1) is 0 Å². The Kier molecular flexibility index (Phi) is 7.52. The van der Waals surface area contributed by atoms with Crippen molar-refractivity contribution in [2.45, 2.75) is 24.7 Å². The summed E-state index contributed by atoms with van der Waals surface area (Å²) in [5.74, 6) is -7.61. The maximum atomic E-state index is 13.3. The number of Topliss-reactive ketones (excluding diaryl/α,β-unsaturated/α-hetero) is 2. The first-order valence-corrected chi connectivity index (χ1v) is 10.2. The van der Waals surface area contributed by atoms with Gasteiger partial charge >= 0.3 is 11.9 Å². The van der Waals surface area contributed by atoms with Gasteiger partial charge < -0.3 is 19.7 Å². The van der Waals surface area contributed by atoms with Gasteiger partial charge in [0.05, 0.1) is 38.2 Å². The van der Waals surface area contributed by atoms with Crippen LogP contribution in [0.5, 0.6) is 0 Å². The third kappa shape index (κ3) is 4.85. The molecule has 3 rings (SSSR count). The molecule has 0 saturated carbocycles. The van der Waals surface area contributed by atoms with Gasteiger partial charge in [0, 0.05) is 36.6 Å². The number of pyridine rings is 2. The predicted molar refractivity (Wildman–Crippen MR) is 117 cm³/mol. The zero-order valence-corrected chi connectivity index (χ0v) is 18.4. The average molecular weight is 466 g/mol. The van der Waals surface area contributed by atoms with Gasteiger partial charge in [0.25, 0.3) is 0 Å². The van der Waals surface area contributed by atoms with E-state index >= 15 is 0 Å². The minimum atomic E-state index is -1.11. The van der Waals surface area contributed by atoms with E-state index in [1.165, 1.54) is 24.8 Å². The van der Waals surface area contributed by atoms with Crippen molar-refractivity contribution in [3.05, 3.63) is 82.8 Å². The lowest BCUT2D eigenvalue weighted by atomic mass is 9.76. The van der Waals surface area contributed by atoms with Crippen LogP contribution in [0.4, 0.5) is 0 Å². The fourth-order valence-corrected chi connectivity index (χ4v) is 3.80. The van der Waals surface area contributed by atoms with Crippen molar-refractivity contribution in [3.8, 4) is 0 Å². The highest BCUT2D eigenvalue weighted by Gasteiger charge is 2.43. The third-order valence-corrected chi connectivity index (χ3v) is 5.50. The van der Waals surface area contributed by atoms with Crippen LogP contribution in [0.25, 0.3) is 0 Å². The Hall–Kier alpha value is -4.34. The van der Waals surface area contributed by atoms with E-state index < -0.39 is 70.8 Å². The molecule has 10 heteroatoms. The number of aliphatic hydroxyl groups excluding tert-OH is 2. The minimum Gasteiger partial charge on any atom is -0.504 e. The van der Waals surface area contributed by atoms with Crippen molar-refractivity contribution >= 4 is 23.5 Å². The molecule has 2 aromatic heterocycles. The molecule has 10 nitrogen and oxygen atoms in total. The summed E-state index contributed by atoms with van der Waals surface area (Å²) in [5.41, 5.74) is -0.226. The molecule has 0 saturated heterocycles. The van der Waals surface area contributed by atoms with E-state index in [2.05, 4.69) is 9.97 Å². The molecule has 0 radical (unpaired) electrons. The summed E-state index contributed by atoms with van der Waals surface area (Å²) >= 11 is 0. The second-order valence-corrected chi connectivity index (χ2v) is 7.42. The van der Waals surface area contributed by atoms with Gasteiger partial charge in [-0.1, -0.05) is 12.1 Å². The van der Waals surface area contributed by atoms with E-state index in [9.17, 15) is 29.4 Å². The van der Waals surface area contributed by atoms with Gasteiger partial charge in [-0.15, -0.1) is 0 Å². The number of ketones is 2. The lowest BCUT2D eigenvalue weighted by Gasteiger charge is -2.27. The summed E-state index contributed by atoms with van der Waals surface area (Å²) < 4.78 is 9.40. The molecule has 0 bridgehead atoms. The van der Waals surface area contributed by atoms with Gasteiger partial charge in [0.1, 0.15) is 0 Å². The van der Waals surface area contributed by atoms with E-state index in [1.54, 1.807) is 24.3 Å². The minimum absolute atomic E-state index is 0.352. The van der Waals surface area contributed by atoms with E-state index in [0.717, 1.165) is 14.2 Å². The second kappa shape index (κ2) is 10.5. The molecular weight excluding hydrogens is 444 g/mol. The van der Waals surface area contributed by atoms with Gasteiger partial charge in [0.2, 0.25) is 11.6 Å². The first kappa shape index (κ1) is 24.3. The number of ether oxygens (including phenoxy) is 2. The van der Waals surface area contributed by atoms with Crippen LogP contribution in [0.1, 0.15) is 35.8 Å². The Morgan fingerprint density at radius 2 is 1.18 bits per heavy atom. The van der Waals surface area contributed by atoms with Crippen molar-refractivity contribution < 1.29 is 38.9 Å². The van der Waals surface area contributed by atoms with Gasteiger partial charge in [-0.05, 0) is 23.3 Å². The first-order chi connectivity index (χ1) is 16.3. The third-order valence-electron chi connectivity index (χ3n) is 5.50. The Balaban J connectivity index is 2.13. The molecule has 1 aliphatic carbocycles. The molecule has 0 spiro atoms. The zero-order valence-electron chi connectivity index (χ0n) is 18.4. The molecule has 0 amide bonds. The van der Waals surface area contributed by atoms with E-state index in [4.69, 9.17) is 9.47 Å². The molecule has 0 unspecified atom stereocenters. The number of rotatable bonds is 8. The number of methoxy groups -OCH3 is 2. The molecule has 176 valence electrons. The number of aliphatic hydroxyl groups is 2. The van der Waals surface area contributed by atoms with Crippen LogP contribution >= 0.6 is 0 Å². The molecular formula is C24H22N2O8. The summed E-state index contributed by atoms with van der Waals surface area (Å²) in [6, 6.07) is 6.24. The normalized spacial score (nSPS) is 15.7. The molecule has 0 fully saturated rings. The number of hydrogen-bond donors (Lipinski definition) is 2. The summed E-state index contributed by atoms with van der Waals surface area (Å²) in [6.45, 7) is 0. The smallest absolute Gasteiger partial charge is 0.306 e. The van der Waals surface area contributed by atoms with Crippen LogP contribution in [0.2, 0.25) is 0 Å². The Labute approximate surface area is 194 Å². The van der Waals surface area contributed by atoms with Crippen molar-refractivity contribution in [2.75, 3.05) is 14.2 Å². The Morgan fingerprint density at radius 3 is 1.47 bits per heavy atom. The number of allylic oxidation sites excluding steroid dienone is 2. The maximum absolute atomic E-state index is 13.3. The zero-order chi connectivity index (χ0) is 24.8. The van der Waals surface area contributed by atoms with Gasteiger partial charge in [0.15, 0.2) is 11.5 Å². The highest BCUT2D eigenvalue weighted by Crippen LogP contribution is 2.40. The highest BCUT2D eigenvalue weighted by atomic mass is 16.5. The van der Waals surface area contributed by atoms with E-state index in [-0.39, 0.29) is 0 Å². The molecule has 2 heterocycles. The Morgan fingerprint density at radius 1 is 0.794 bits per heavy atom. The van der Waals surface area contributed by atoms with Crippen LogP contribution in [0.15, 0.2) is 71.7 Å². The van der Waals surface area contributed by atoms with Gasteiger partial charge in [-0.3, -0.25) is 29.1 Å². The Bertz CT molecular complexity index is 1080. The number of nitrogens with zero attached hydrogens (tertiary/aromatic N) is 2. The van der Waals surface area contributed by atoms with E-state index in [0.29, 0.717) is 11.1 Å². The monoisotopic (exact) mass is 466 g/mol. The molecule has 1 aliphatic rings. The number of hydrogen-bond acceptors (Lipinski definition) is 10. The van der Waals surface area contributed by atoms with Crippen molar-refractivity contribution in [1.29, 1.82) is 0 Å². The van der Waals surface area contributed by atoms with Crippen molar-refractivity contribution in [2.24, 2.45) is 0 Å². The molecule has 0 aromatic carbocycles. The fourth-order valence-electron chi connectivity index (χ4n) is 3.80. The maximum Gasteiger partial charge on any atom is 0.306 e. The van der Waals surface area contributed by atoms with Crippen LogP contribution in [-0.4, -0.2) is 57.9 Å². The molecule has 2 atom stereocenters. The lowest BCUT2D eigenvalue weighted by molar-refractivity contribution is -0.142. The lowest BCUT2D eigenvalue weighted by Crippen LogP contribution is -2.31. The highest BCUT2D eigenvalue weighted by molar-refractivity contribution is 6.24.